The van der Waals surface area contributed by atoms with Crippen LogP contribution in [0.5, 0.6) is 5.75 Å². The standard InChI is InChI=1S/C30H28F2N6O3S/c1-3-41-30(39)23-16-42-29(35-23)27-25-14-26(37-12-4-5-24(37)21-13-19(31)8-11-22(21)32)34-17-38(25)36-28(27)33-15-18-6-9-20(40-2)10-7-18/h6-11,13-14,16-17,24H,3-5,12,15H2,1-2H3,(H,33,36). The van der Waals surface area contributed by atoms with Gasteiger partial charge in [0.05, 0.1) is 30.8 Å². The molecule has 3 aromatic heterocycles. The summed E-state index contributed by atoms with van der Waals surface area (Å²) < 4.78 is 40.9. The van der Waals surface area contributed by atoms with E-state index in [1.807, 2.05) is 35.2 Å². The average Bonchev–Trinajstić information content (AvgIpc) is 3.76. The van der Waals surface area contributed by atoms with Crippen molar-refractivity contribution < 1.29 is 23.0 Å². The summed E-state index contributed by atoms with van der Waals surface area (Å²) in [6.45, 7) is 3.10. The Labute approximate surface area is 244 Å². The molecule has 1 N–H and O–H groups in total. The van der Waals surface area contributed by atoms with E-state index in [1.54, 1.807) is 30.3 Å². The number of esters is 1. The number of hydrogen-bond donors (Lipinski definition) is 1. The van der Waals surface area contributed by atoms with E-state index < -0.39 is 17.6 Å². The molecule has 42 heavy (non-hydrogen) atoms. The maximum Gasteiger partial charge on any atom is 0.357 e. The van der Waals surface area contributed by atoms with E-state index in [-0.39, 0.29) is 18.3 Å². The highest BCUT2D eigenvalue weighted by Crippen LogP contribution is 2.40. The van der Waals surface area contributed by atoms with E-state index >= 15 is 0 Å². The third kappa shape index (κ3) is 5.37. The van der Waals surface area contributed by atoms with Crippen LogP contribution in [-0.2, 0) is 11.3 Å². The largest absolute Gasteiger partial charge is 0.497 e. The van der Waals surface area contributed by atoms with Crippen LogP contribution in [0.15, 0.2) is 60.2 Å². The van der Waals surface area contributed by atoms with E-state index in [2.05, 4.69) is 15.3 Å². The molecule has 0 radical (unpaired) electrons. The Morgan fingerprint density at radius 2 is 2.00 bits per heavy atom. The highest BCUT2D eigenvalue weighted by molar-refractivity contribution is 7.13. The second-order valence-electron chi connectivity index (χ2n) is 9.78. The number of thiazole rings is 1. The first-order valence-electron chi connectivity index (χ1n) is 13.5. The number of hydrogen-bond acceptors (Lipinski definition) is 9. The molecule has 4 heterocycles. The third-order valence-corrected chi connectivity index (χ3v) is 8.06. The summed E-state index contributed by atoms with van der Waals surface area (Å²) >= 11 is 1.31. The molecule has 0 bridgehead atoms. The molecule has 1 unspecified atom stereocenters. The number of ether oxygens (including phenoxy) is 2. The van der Waals surface area contributed by atoms with Crippen molar-refractivity contribution in [1.82, 2.24) is 19.6 Å². The topological polar surface area (TPSA) is 93.9 Å². The lowest BCUT2D eigenvalue weighted by Gasteiger charge is -2.26. The van der Waals surface area contributed by atoms with Crippen molar-refractivity contribution in [2.75, 3.05) is 30.5 Å². The Morgan fingerprint density at radius 3 is 2.79 bits per heavy atom. The summed E-state index contributed by atoms with van der Waals surface area (Å²) in [5.74, 6) is 0.511. The zero-order valence-electron chi connectivity index (χ0n) is 23.0. The van der Waals surface area contributed by atoms with E-state index in [1.165, 1.54) is 17.4 Å². The summed E-state index contributed by atoms with van der Waals surface area (Å²) in [4.78, 5) is 23.6. The summed E-state index contributed by atoms with van der Waals surface area (Å²) in [7, 11) is 1.62. The third-order valence-electron chi connectivity index (χ3n) is 7.20. The number of aromatic nitrogens is 4. The maximum atomic E-state index is 14.8. The fourth-order valence-electron chi connectivity index (χ4n) is 5.19. The quantitative estimate of drug-likeness (QED) is 0.201. The van der Waals surface area contributed by atoms with Gasteiger partial charge in [-0.1, -0.05) is 12.1 Å². The number of anilines is 2. The minimum Gasteiger partial charge on any atom is -0.497 e. The molecule has 1 fully saturated rings. The number of nitrogens with one attached hydrogen (secondary N) is 1. The number of methoxy groups -OCH3 is 1. The molecule has 0 spiro atoms. The maximum absolute atomic E-state index is 14.8. The van der Waals surface area contributed by atoms with Gasteiger partial charge in [-0.15, -0.1) is 16.4 Å². The van der Waals surface area contributed by atoms with Crippen molar-refractivity contribution in [2.45, 2.75) is 32.4 Å². The van der Waals surface area contributed by atoms with E-state index in [4.69, 9.17) is 14.6 Å². The molecular weight excluding hydrogens is 562 g/mol. The molecular formula is C30H28F2N6O3S. The van der Waals surface area contributed by atoms with Gasteiger partial charge in [0, 0.05) is 30.1 Å². The molecule has 12 heteroatoms. The summed E-state index contributed by atoms with van der Waals surface area (Å²) in [5.41, 5.74) is 2.94. The molecule has 2 aromatic carbocycles. The van der Waals surface area contributed by atoms with E-state index in [9.17, 15) is 13.6 Å². The first-order chi connectivity index (χ1) is 20.4. The van der Waals surface area contributed by atoms with Crippen molar-refractivity contribution in [3.8, 4) is 16.3 Å². The number of nitrogens with zero attached hydrogens (tertiary/aromatic N) is 5. The van der Waals surface area contributed by atoms with Crippen LogP contribution >= 0.6 is 11.3 Å². The monoisotopic (exact) mass is 590 g/mol. The lowest BCUT2D eigenvalue weighted by molar-refractivity contribution is 0.0520. The van der Waals surface area contributed by atoms with Gasteiger partial charge in [-0.3, -0.25) is 0 Å². The van der Waals surface area contributed by atoms with Crippen molar-refractivity contribution in [2.24, 2.45) is 0 Å². The van der Waals surface area contributed by atoms with Gasteiger partial charge in [-0.05, 0) is 55.7 Å². The molecule has 0 saturated carbocycles. The second-order valence-corrected chi connectivity index (χ2v) is 10.6. The predicted molar refractivity (Wildman–Crippen MR) is 156 cm³/mol. The number of carbonyl (C=O) groups is 1. The van der Waals surface area contributed by atoms with Crippen molar-refractivity contribution >= 4 is 34.5 Å². The summed E-state index contributed by atoms with van der Waals surface area (Å²) in [6, 6.07) is 12.8. The van der Waals surface area contributed by atoms with Crippen LogP contribution in [0, 0.1) is 11.6 Å². The van der Waals surface area contributed by atoms with Crippen LogP contribution < -0.4 is 15.0 Å². The van der Waals surface area contributed by atoms with Gasteiger partial charge in [0.25, 0.3) is 0 Å². The number of fused-ring (bicyclic) bond motifs is 1. The van der Waals surface area contributed by atoms with Crippen LogP contribution in [0.1, 0.15) is 47.4 Å². The zero-order chi connectivity index (χ0) is 29.2. The normalized spacial score (nSPS) is 14.9. The number of carbonyl (C=O) groups excluding carboxylic acids is 1. The molecule has 1 aliphatic rings. The Kier molecular flexibility index (Phi) is 7.70. The Bertz CT molecular complexity index is 1740. The molecule has 216 valence electrons. The lowest BCUT2D eigenvalue weighted by Crippen LogP contribution is -2.24. The molecule has 6 rings (SSSR count). The fourth-order valence-corrected chi connectivity index (χ4v) is 6.03. The first kappa shape index (κ1) is 27.6. The van der Waals surface area contributed by atoms with Gasteiger partial charge in [0.15, 0.2) is 11.5 Å². The number of rotatable bonds is 9. The zero-order valence-corrected chi connectivity index (χ0v) is 23.8. The van der Waals surface area contributed by atoms with Gasteiger partial charge in [-0.2, -0.15) is 0 Å². The minimum atomic E-state index is -0.497. The molecule has 0 amide bonds. The van der Waals surface area contributed by atoms with Crippen LogP contribution in [0.4, 0.5) is 20.4 Å². The molecule has 1 aliphatic heterocycles. The molecule has 0 aliphatic carbocycles. The second kappa shape index (κ2) is 11.7. The van der Waals surface area contributed by atoms with Gasteiger partial charge in [0.2, 0.25) is 0 Å². The highest BCUT2D eigenvalue weighted by Gasteiger charge is 2.30. The number of halogens is 2. The molecule has 1 atom stereocenters. The summed E-state index contributed by atoms with van der Waals surface area (Å²) in [5, 5.41) is 10.4. The predicted octanol–water partition coefficient (Wildman–Crippen LogP) is 6.27. The highest BCUT2D eigenvalue weighted by atomic mass is 32.1. The Morgan fingerprint density at radius 1 is 1.17 bits per heavy atom. The van der Waals surface area contributed by atoms with Crippen molar-refractivity contribution in [1.29, 1.82) is 0 Å². The van der Waals surface area contributed by atoms with Crippen molar-refractivity contribution in [3.05, 3.63) is 88.7 Å². The van der Waals surface area contributed by atoms with Crippen LogP contribution in [0.25, 0.3) is 16.1 Å². The molecule has 9 nitrogen and oxygen atoms in total. The fraction of sp³-hybridized carbons (Fsp3) is 0.267. The van der Waals surface area contributed by atoms with Crippen LogP contribution in [0.3, 0.4) is 0 Å². The van der Waals surface area contributed by atoms with Gasteiger partial charge >= 0.3 is 5.97 Å². The first-order valence-corrected chi connectivity index (χ1v) is 14.4. The average molecular weight is 591 g/mol. The molecule has 1 saturated heterocycles. The lowest BCUT2D eigenvalue weighted by atomic mass is 10.0. The van der Waals surface area contributed by atoms with Gasteiger partial charge in [-0.25, -0.2) is 28.1 Å². The van der Waals surface area contributed by atoms with Crippen LogP contribution in [0.2, 0.25) is 0 Å². The van der Waals surface area contributed by atoms with E-state index in [0.717, 1.165) is 29.9 Å². The van der Waals surface area contributed by atoms with Crippen LogP contribution in [-0.4, -0.2) is 45.8 Å². The smallest absolute Gasteiger partial charge is 0.357 e. The summed E-state index contributed by atoms with van der Waals surface area (Å²) in [6.07, 6.45) is 3.08. The Balaban J connectivity index is 1.40. The van der Waals surface area contributed by atoms with E-state index in [0.29, 0.717) is 52.8 Å². The Hall–Kier alpha value is -4.58. The SMILES string of the molecule is CCOC(=O)c1csc(-c2c(NCc3ccc(OC)cc3)nn3cnc(N4CCCC4c4cc(F)ccc4F)cc23)n1. The number of benzene rings is 2. The minimum absolute atomic E-state index is 0.216. The van der Waals surface area contributed by atoms with Gasteiger partial charge in [0.1, 0.15) is 34.5 Å². The van der Waals surface area contributed by atoms with Gasteiger partial charge < -0.3 is 19.7 Å². The van der Waals surface area contributed by atoms with Crippen molar-refractivity contribution in [3.63, 3.8) is 0 Å². The molecule has 5 aromatic rings.